The zero-order valence-corrected chi connectivity index (χ0v) is 11.1. The average molecular weight is 254 g/mol. The van der Waals surface area contributed by atoms with Gasteiger partial charge in [0.1, 0.15) is 6.07 Å². The molecule has 1 heterocycles. The van der Waals surface area contributed by atoms with Crippen LogP contribution in [0, 0.1) is 18.3 Å². The van der Waals surface area contributed by atoms with E-state index < -0.39 is 0 Å². The highest BCUT2D eigenvalue weighted by molar-refractivity contribution is 5.69. The average Bonchev–Trinajstić information content (AvgIpc) is 2.46. The molecule has 0 atom stereocenters. The molecular formula is C15H14N2O2. The summed E-state index contributed by atoms with van der Waals surface area (Å²) in [5.41, 5.74) is 2.89. The van der Waals surface area contributed by atoms with Crippen LogP contribution in [-0.2, 0) is 0 Å². The molecule has 0 N–H and O–H groups in total. The number of aromatic nitrogens is 1. The molecule has 2 rings (SSSR count). The van der Waals surface area contributed by atoms with E-state index in [4.69, 9.17) is 14.7 Å². The van der Waals surface area contributed by atoms with Crippen LogP contribution >= 0.6 is 0 Å². The minimum atomic E-state index is 0.540. The Morgan fingerprint density at radius 3 is 2.42 bits per heavy atom. The molecule has 0 saturated carbocycles. The number of nitriles is 1. The molecule has 96 valence electrons. The van der Waals surface area contributed by atoms with Crippen molar-refractivity contribution in [1.82, 2.24) is 4.98 Å². The zero-order valence-electron chi connectivity index (χ0n) is 11.1. The summed E-state index contributed by atoms with van der Waals surface area (Å²) in [6.45, 7) is 1.89. The molecule has 4 heteroatoms. The molecule has 0 amide bonds. The van der Waals surface area contributed by atoms with E-state index in [0.717, 1.165) is 11.3 Å². The van der Waals surface area contributed by atoms with E-state index in [1.807, 2.05) is 25.1 Å². The lowest BCUT2D eigenvalue weighted by Gasteiger charge is -2.10. The highest BCUT2D eigenvalue weighted by Gasteiger charge is 2.11. The second-order valence-corrected chi connectivity index (χ2v) is 4.03. The maximum atomic E-state index is 9.15. The lowest BCUT2D eigenvalue weighted by atomic mass is 10.1. The molecule has 0 bridgehead atoms. The number of nitrogens with zero attached hydrogens (tertiary/aromatic N) is 2. The summed E-state index contributed by atoms with van der Waals surface area (Å²) >= 11 is 0. The summed E-state index contributed by atoms with van der Waals surface area (Å²) < 4.78 is 10.5. The van der Waals surface area contributed by atoms with Gasteiger partial charge < -0.3 is 9.47 Å². The van der Waals surface area contributed by atoms with Crippen LogP contribution in [0.25, 0.3) is 11.3 Å². The molecule has 19 heavy (non-hydrogen) atoms. The third-order valence-corrected chi connectivity index (χ3v) is 2.81. The Kier molecular flexibility index (Phi) is 3.67. The van der Waals surface area contributed by atoms with Crippen molar-refractivity contribution in [3.63, 3.8) is 0 Å². The van der Waals surface area contributed by atoms with Gasteiger partial charge in [0.15, 0.2) is 11.5 Å². The normalized spacial score (nSPS) is 9.79. The van der Waals surface area contributed by atoms with E-state index in [2.05, 4.69) is 11.1 Å². The number of hydrogen-bond acceptors (Lipinski definition) is 4. The van der Waals surface area contributed by atoms with Crippen LogP contribution in [0.1, 0.15) is 11.3 Å². The molecule has 0 saturated heterocycles. The molecule has 0 aliphatic rings. The first-order valence-corrected chi connectivity index (χ1v) is 5.79. The summed E-state index contributed by atoms with van der Waals surface area (Å²) in [7, 11) is 3.17. The maximum absolute atomic E-state index is 9.15. The van der Waals surface area contributed by atoms with Gasteiger partial charge in [-0.1, -0.05) is 0 Å². The Hall–Kier alpha value is -2.54. The van der Waals surface area contributed by atoms with Gasteiger partial charge in [0.05, 0.1) is 25.5 Å². The predicted molar refractivity (Wildman–Crippen MR) is 72.2 cm³/mol. The second kappa shape index (κ2) is 5.40. The summed E-state index contributed by atoms with van der Waals surface area (Å²) in [5.74, 6) is 1.27. The molecule has 0 aliphatic carbocycles. The zero-order chi connectivity index (χ0) is 13.8. The fraction of sp³-hybridized carbons (Fsp3) is 0.200. The Labute approximate surface area is 112 Å². The van der Waals surface area contributed by atoms with Crippen molar-refractivity contribution in [3.05, 3.63) is 41.6 Å². The number of ether oxygens (including phenoxy) is 2. The highest BCUT2D eigenvalue weighted by atomic mass is 16.5. The smallest absolute Gasteiger partial charge is 0.161 e. The second-order valence-electron chi connectivity index (χ2n) is 4.03. The monoisotopic (exact) mass is 254 g/mol. The van der Waals surface area contributed by atoms with Crippen molar-refractivity contribution in [2.45, 2.75) is 6.92 Å². The first kappa shape index (κ1) is 12.9. The third-order valence-electron chi connectivity index (χ3n) is 2.81. The number of hydrogen-bond donors (Lipinski definition) is 0. The fourth-order valence-electron chi connectivity index (χ4n) is 1.85. The summed E-state index contributed by atoms with van der Waals surface area (Å²) in [5, 5.41) is 9.15. The van der Waals surface area contributed by atoms with E-state index in [9.17, 15) is 0 Å². The minimum absolute atomic E-state index is 0.540. The van der Waals surface area contributed by atoms with E-state index in [0.29, 0.717) is 22.8 Å². The number of rotatable bonds is 3. The molecule has 0 spiro atoms. The molecule has 0 unspecified atom stereocenters. The third kappa shape index (κ3) is 2.50. The maximum Gasteiger partial charge on any atom is 0.161 e. The number of methoxy groups -OCH3 is 2. The van der Waals surface area contributed by atoms with Crippen LogP contribution in [0.4, 0.5) is 0 Å². The van der Waals surface area contributed by atoms with Gasteiger partial charge in [0.2, 0.25) is 0 Å². The number of benzene rings is 1. The summed E-state index contributed by atoms with van der Waals surface area (Å²) in [6.07, 6.45) is 0. The van der Waals surface area contributed by atoms with Crippen molar-refractivity contribution in [3.8, 4) is 28.8 Å². The van der Waals surface area contributed by atoms with Gasteiger partial charge in [-0.25, -0.2) is 0 Å². The van der Waals surface area contributed by atoms with Gasteiger partial charge >= 0.3 is 0 Å². The largest absolute Gasteiger partial charge is 0.493 e. The Balaban J connectivity index is 2.59. The Bertz CT molecular complexity index is 645. The Morgan fingerprint density at radius 2 is 1.79 bits per heavy atom. The molecule has 0 fully saturated rings. The van der Waals surface area contributed by atoms with Gasteiger partial charge in [0, 0.05) is 11.3 Å². The summed E-state index contributed by atoms with van der Waals surface area (Å²) in [4.78, 5) is 4.43. The molecule has 0 radical (unpaired) electrons. The predicted octanol–water partition coefficient (Wildman–Crippen LogP) is 2.95. The van der Waals surface area contributed by atoms with Gasteiger partial charge in [0.25, 0.3) is 0 Å². The molecular weight excluding hydrogens is 240 g/mol. The molecule has 4 nitrogen and oxygen atoms in total. The van der Waals surface area contributed by atoms with Crippen LogP contribution in [0.15, 0.2) is 30.3 Å². The minimum Gasteiger partial charge on any atom is -0.493 e. The van der Waals surface area contributed by atoms with Gasteiger partial charge in [-0.05, 0) is 37.3 Å². The van der Waals surface area contributed by atoms with Crippen LogP contribution in [0.3, 0.4) is 0 Å². The van der Waals surface area contributed by atoms with Crippen molar-refractivity contribution in [2.24, 2.45) is 0 Å². The highest BCUT2D eigenvalue weighted by Crippen LogP contribution is 2.32. The van der Waals surface area contributed by atoms with Crippen LogP contribution in [0.2, 0.25) is 0 Å². The number of aryl methyl sites for hydroxylation is 1. The molecule has 0 aliphatic heterocycles. The molecule has 2 aromatic rings. The molecule has 1 aromatic carbocycles. The van der Waals surface area contributed by atoms with Gasteiger partial charge in [-0.15, -0.1) is 0 Å². The lowest BCUT2D eigenvalue weighted by Crippen LogP contribution is -1.94. The van der Waals surface area contributed by atoms with Crippen LogP contribution in [-0.4, -0.2) is 19.2 Å². The quantitative estimate of drug-likeness (QED) is 0.845. The van der Waals surface area contributed by atoms with Crippen LogP contribution in [0.5, 0.6) is 11.5 Å². The van der Waals surface area contributed by atoms with Crippen molar-refractivity contribution in [1.29, 1.82) is 5.26 Å². The standard InChI is InChI=1S/C15H14N2O2/c1-10-4-5-12(9-16)15(17-10)11-6-7-13(18-2)14(8-11)19-3/h4-8H,1-3H3. The van der Waals surface area contributed by atoms with E-state index in [1.54, 1.807) is 26.4 Å². The lowest BCUT2D eigenvalue weighted by molar-refractivity contribution is 0.355. The van der Waals surface area contributed by atoms with E-state index >= 15 is 0 Å². The molecule has 1 aromatic heterocycles. The van der Waals surface area contributed by atoms with Crippen molar-refractivity contribution in [2.75, 3.05) is 14.2 Å². The SMILES string of the molecule is COc1ccc(-c2nc(C)ccc2C#N)cc1OC. The van der Waals surface area contributed by atoms with Gasteiger partial charge in [-0.2, -0.15) is 5.26 Å². The topological polar surface area (TPSA) is 55.1 Å². The fourth-order valence-corrected chi connectivity index (χ4v) is 1.85. The van der Waals surface area contributed by atoms with E-state index in [-0.39, 0.29) is 0 Å². The number of pyridine rings is 1. The Morgan fingerprint density at radius 1 is 1.05 bits per heavy atom. The van der Waals surface area contributed by atoms with Crippen LogP contribution < -0.4 is 9.47 Å². The first-order valence-electron chi connectivity index (χ1n) is 5.79. The van der Waals surface area contributed by atoms with Gasteiger partial charge in [-0.3, -0.25) is 4.98 Å². The van der Waals surface area contributed by atoms with Crippen molar-refractivity contribution >= 4 is 0 Å². The first-order chi connectivity index (χ1) is 9.19. The van der Waals surface area contributed by atoms with Crippen molar-refractivity contribution < 1.29 is 9.47 Å². The van der Waals surface area contributed by atoms with E-state index in [1.165, 1.54) is 0 Å². The summed E-state index contributed by atoms with van der Waals surface area (Å²) in [6, 6.07) is 11.2.